The highest BCUT2D eigenvalue weighted by Crippen LogP contribution is 2.49. The third-order valence-electron chi connectivity index (χ3n) is 3.55. The average molecular weight is 261 g/mol. The third kappa shape index (κ3) is 2.31. The molecule has 1 aromatic carbocycles. The van der Waals surface area contributed by atoms with Gasteiger partial charge in [-0.05, 0) is 42.7 Å². The molecule has 0 aromatic heterocycles. The van der Waals surface area contributed by atoms with E-state index in [0.29, 0.717) is 6.10 Å². The molecule has 0 amide bonds. The zero-order chi connectivity index (χ0) is 12.4. The zero-order valence-electron chi connectivity index (χ0n) is 10.1. The number of aliphatic imine (C=N–C) groups is 1. The van der Waals surface area contributed by atoms with E-state index in [-0.39, 0.29) is 5.54 Å². The minimum absolute atomic E-state index is 0.300. The van der Waals surface area contributed by atoms with Crippen LogP contribution in [0.25, 0.3) is 0 Å². The van der Waals surface area contributed by atoms with Gasteiger partial charge in [-0.15, -0.1) is 0 Å². The van der Waals surface area contributed by atoms with Crippen LogP contribution >= 0.6 is 11.8 Å². The molecule has 1 aliphatic heterocycles. The fourth-order valence-corrected chi connectivity index (χ4v) is 3.42. The highest BCUT2D eigenvalue weighted by Gasteiger charge is 2.45. The first-order valence-corrected chi connectivity index (χ1v) is 7.42. The summed E-state index contributed by atoms with van der Waals surface area (Å²) in [6, 6.07) is 8.00. The van der Waals surface area contributed by atoms with Gasteiger partial charge in [0.05, 0.1) is 5.54 Å². The number of isocyanates is 1. The summed E-state index contributed by atoms with van der Waals surface area (Å²) in [5.41, 5.74) is 0.778. The van der Waals surface area contributed by atoms with Crippen LogP contribution in [0, 0.1) is 0 Å². The van der Waals surface area contributed by atoms with Crippen molar-refractivity contribution in [3.8, 4) is 5.75 Å². The molecule has 18 heavy (non-hydrogen) atoms. The normalized spacial score (nSPS) is 24.3. The molecule has 2 fully saturated rings. The Balaban J connectivity index is 1.78. The van der Waals surface area contributed by atoms with Crippen molar-refractivity contribution in [2.45, 2.75) is 30.9 Å². The number of hydrogen-bond donors (Lipinski definition) is 0. The maximum Gasteiger partial charge on any atom is 0.235 e. The van der Waals surface area contributed by atoms with E-state index in [1.54, 1.807) is 6.08 Å². The van der Waals surface area contributed by atoms with Gasteiger partial charge >= 0.3 is 0 Å². The fraction of sp³-hybridized carbons (Fsp3) is 0.500. The molecule has 3 nitrogen and oxygen atoms in total. The molecule has 94 valence electrons. The highest BCUT2D eigenvalue weighted by molar-refractivity contribution is 7.99. The lowest BCUT2D eigenvalue weighted by Gasteiger charge is -2.15. The number of carbonyl (C=O) groups excluding carboxylic acids is 1. The Kier molecular flexibility index (Phi) is 3.14. The van der Waals surface area contributed by atoms with Crippen molar-refractivity contribution >= 4 is 17.8 Å². The number of hydrogen-bond acceptors (Lipinski definition) is 4. The Hall–Kier alpha value is -1.25. The number of benzene rings is 1. The maximum absolute atomic E-state index is 10.5. The van der Waals surface area contributed by atoms with Crippen molar-refractivity contribution in [2.75, 3.05) is 11.5 Å². The lowest BCUT2D eigenvalue weighted by Crippen LogP contribution is -2.15. The van der Waals surface area contributed by atoms with Gasteiger partial charge in [-0.25, -0.2) is 4.79 Å². The molecule has 0 bridgehead atoms. The van der Waals surface area contributed by atoms with Gasteiger partial charge in [0.2, 0.25) is 6.08 Å². The van der Waals surface area contributed by atoms with Crippen molar-refractivity contribution in [3.05, 3.63) is 29.8 Å². The van der Waals surface area contributed by atoms with Crippen molar-refractivity contribution < 1.29 is 9.53 Å². The highest BCUT2D eigenvalue weighted by atomic mass is 32.2. The number of ether oxygens (including phenoxy) is 1. The van der Waals surface area contributed by atoms with Gasteiger partial charge < -0.3 is 4.74 Å². The first-order chi connectivity index (χ1) is 8.82. The Morgan fingerprint density at radius 2 is 2.33 bits per heavy atom. The maximum atomic E-state index is 10.5. The summed E-state index contributed by atoms with van der Waals surface area (Å²) in [6.07, 6.45) is 5.01. The first kappa shape index (κ1) is 11.8. The van der Waals surface area contributed by atoms with E-state index < -0.39 is 0 Å². The van der Waals surface area contributed by atoms with Crippen molar-refractivity contribution in [1.29, 1.82) is 0 Å². The lowest BCUT2D eigenvalue weighted by atomic mass is 10.1. The summed E-state index contributed by atoms with van der Waals surface area (Å²) in [5, 5.41) is 0. The molecule has 1 saturated carbocycles. The molecule has 1 atom stereocenters. The van der Waals surface area contributed by atoms with Crippen LogP contribution in [0.15, 0.2) is 29.3 Å². The second-order valence-electron chi connectivity index (χ2n) is 4.87. The van der Waals surface area contributed by atoms with Gasteiger partial charge in [-0.2, -0.15) is 16.8 Å². The molecule has 4 heteroatoms. The van der Waals surface area contributed by atoms with Crippen molar-refractivity contribution in [1.82, 2.24) is 0 Å². The molecule has 2 aliphatic rings. The van der Waals surface area contributed by atoms with Crippen LogP contribution in [-0.4, -0.2) is 23.7 Å². The summed E-state index contributed by atoms with van der Waals surface area (Å²) in [5.74, 6) is 3.15. The van der Waals surface area contributed by atoms with E-state index in [2.05, 4.69) is 4.99 Å². The minimum atomic E-state index is -0.300. The van der Waals surface area contributed by atoms with Gasteiger partial charge in [0.25, 0.3) is 0 Å². The number of nitrogens with zero attached hydrogens (tertiary/aromatic N) is 1. The molecular weight excluding hydrogens is 246 g/mol. The van der Waals surface area contributed by atoms with Gasteiger partial charge in [0, 0.05) is 5.75 Å². The van der Waals surface area contributed by atoms with E-state index >= 15 is 0 Å². The Bertz CT molecular complexity index is 486. The molecule has 1 aromatic rings. The monoisotopic (exact) mass is 261 g/mol. The molecule has 0 spiro atoms. The summed E-state index contributed by atoms with van der Waals surface area (Å²) in [4.78, 5) is 14.4. The molecule has 0 radical (unpaired) electrons. The van der Waals surface area contributed by atoms with Crippen LogP contribution in [0.2, 0.25) is 0 Å². The van der Waals surface area contributed by atoms with E-state index in [1.165, 1.54) is 5.75 Å². The first-order valence-electron chi connectivity index (χ1n) is 6.26. The molecule has 1 aliphatic carbocycles. The van der Waals surface area contributed by atoms with Crippen LogP contribution in [0.4, 0.5) is 0 Å². The number of thioether (sulfide) groups is 1. The van der Waals surface area contributed by atoms with Gasteiger partial charge in [0.15, 0.2) is 0 Å². The quantitative estimate of drug-likeness (QED) is 0.618. The van der Waals surface area contributed by atoms with Gasteiger partial charge in [-0.3, -0.25) is 0 Å². The summed E-state index contributed by atoms with van der Waals surface area (Å²) >= 11 is 1.94. The van der Waals surface area contributed by atoms with Gasteiger partial charge in [0.1, 0.15) is 11.9 Å². The molecule has 3 rings (SSSR count). The van der Waals surface area contributed by atoms with Crippen LogP contribution in [0.3, 0.4) is 0 Å². The van der Waals surface area contributed by atoms with Crippen LogP contribution < -0.4 is 4.74 Å². The predicted octanol–water partition coefficient (Wildman–Crippen LogP) is 2.90. The summed E-state index contributed by atoms with van der Waals surface area (Å²) in [7, 11) is 0. The van der Waals surface area contributed by atoms with Crippen LogP contribution in [0.1, 0.15) is 24.8 Å². The van der Waals surface area contributed by atoms with Crippen LogP contribution in [-0.2, 0) is 10.3 Å². The van der Waals surface area contributed by atoms with Gasteiger partial charge in [-0.1, -0.05) is 12.1 Å². The molecule has 0 N–H and O–H groups in total. The third-order valence-corrected chi connectivity index (χ3v) is 4.68. The zero-order valence-corrected chi connectivity index (χ0v) is 10.9. The molecule has 1 heterocycles. The predicted molar refractivity (Wildman–Crippen MR) is 71.8 cm³/mol. The van der Waals surface area contributed by atoms with E-state index in [9.17, 15) is 4.79 Å². The Morgan fingerprint density at radius 3 is 3.00 bits per heavy atom. The Morgan fingerprint density at radius 1 is 1.44 bits per heavy atom. The van der Waals surface area contributed by atoms with E-state index in [0.717, 1.165) is 36.3 Å². The topological polar surface area (TPSA) is 38.7 Å². The van der Waals surface area contributed by atoms with E-state index in [1.807, 2.05) is 36.0 Å². The smallest absolute Gasteiger partial charge is 0.235 e. The molecule has 1 saturated heterocycles. The second kappa shape index (κ2) is 4.79. The lowest BCUT2D eigenvalue weighted by molar-refractivity contribution is 0.229. The van der Waals surface area contributed by atoms with E-state index in [4.69, 9.17) is 4.74 Å². The second-order valence-corrected chi connectivity index (χ2v) is 6.02. The van der Waals surface area contributed by atoms with Crippen molar-refractivity contribution in [2.24, 2.45) is 4.99 Å². The Labute approximate surface area is 111 Å². The average Bonchev–Trinajstić information content (AvgIpc) is 2.99. The molecular formula is C14H15NO2S. The van der Waals surface area contributed by atoms with Crippen LogP contribution in [0.5, 0.6) is 5.75 Å². The minimum Gasteiger partial charge on any atom is -0.490 e. The summed E-state index contributed by atoms with van der Waals surface area (Å²) < 4.78 is 5.96. The van der Waals surface area contributed by atoms with Crippen molar-refractivity contribution in [3.63, 3.8) is 0 Å². The standard InChI is InChI=1S/C14H15NO2S/c16-10-15-14(5-6-14)11-2-1-3-12(8-11)17-13-4-7-18-9-13/h1-3,8,13H,4-7,9H2. The fourth-order valence-electron chi connectivity index (χ4n) is 2.33. The largest absolute Gasteiger partial charge is 0.490 e. The number of rotatable bonds is 4. The summed E-state index contributed by atoms with van der Waals surface area (Å²) in [6.45, 7) is 0. The SMILES string of the molecule is O=C=NC1(c2cccc(OC3CCSC3)c2)CC1. The molecule has 1 unspecified atom stereocenters.